The highest BCUT2D eigenvalue weighted by Crippen LogP contribution is 2.30. The molecule has 9 nitrogen and oxygen atoms in total. The van der Waals surface area contributed by atoms with Crippen molar-refractivity contribution >= 4 is 16.9 Å². The number of nitrogens with two attached hydrogens (primary N) is 1. The Hall–Kier alpha value is -4.15. The molecule has 0 saturated carbocycles. The van der Waals surface area contributed by atoms with Crippen molar-refractivity contribution in [1.82, 2.24) is 30.8 Å². The molecule has 10 heteroatoms. The summed E-state index contributed by atoms with van der Waals surface area (Å²) in [6.07, 6.45) is 6.71. The van der Waals surface area contributed by atoms with Crippen molar-refractivity contribution in [1.29, 1.82) is 0 Å². The summed E-state index contributed by atoms with van der Waals surface area (Å²) in [5.74, 6) is -1.37. The van der Waals surface area contributed by atoms with Crippen LogP contribution in [-0.4, -0.2) is 28.7 Å². The second-order valence-electron chi connectivity index (χ2n) is 7.86. The molecule has 0 aliphatic carbocycles. The van der Waals surface area contributed by atoms with Gasteiger partial charge in [-0.1, -0.05) is 36.4 Å². The fourth-order valence-electron chi connectivity index (χ4n) is 4.14. The number of nitrogens with zero attached hydrogens (tertiary/aromatic N) is 2. The molecule has 3 aromatic rings. The summed E-state index contributed by atoms with van der Waals surface area (Å²) in [4.78, 5) is 16.4. The minimum Gasteiger partial charge on any atom is -0.468 e. The predicted molar refractivity (Wildman–Crippen MR) is 126 cm³/mol. The Balaban J connectivity index is 1.56. The first kappa shape index (κ1) is 21.7. The number of primary amides is 1. The van der Waals surface area contributed by atoms with Crippen molar-refractivity contribution in [2.24, 2.45) is 5.73 Å². The van der Waals surface area contributed by atoms with Crippen LogP contribution in [0.4, 0.5) is 4.39 Å². The fourth-order valence-corrected chi connectivity index (χ4v) is 4.14. The topological polar surface area (TPSA) is 118 Å². The number of methoxy groups -OCH3 is 1. The Morgan fingerprint density at radius 1 is 1.26 bits per heavy atom. The lowest BCUT2D eigenvalue weighted by atomic mass is 10.1. The van der Waals surface area contributed by atoms with E-state index in [-0.39, 0.29) is 23.3 Å². The molecule has 5 rings (SSSR count). The summed E-state index contributed by atoms with van der Waals surface area (Å²) in [5, 5.41) is 13.7. The molecule has 2 aromatic carbocycles. The molecule has 34 heavy (non-hydrogen) atoms. The second kappa shape index (κ2) is 9.00. The van der Waals surface area contributed by atoms with Crippen LogP contribution in [0.25, 0.3) is 11.0 Å². The Bertz CT molecular complexity index is 1330. The van der Waals surface area contributed by atoms with Gasteiger partial charge in [-0.3, -0.25) is 20.0 Å². The molecular formula is C24H24FN7O2. The molecule has 0 spiro atoms. The Labute approximate surface area is 195 Å². The van der Waals surface area contributed by atoms with Gasteiger partial charge in [0.25, 0.3) is 11.9 Å². The molecule has 2 aliphatic heterocycles. The van der Waals surface area contributed by atoms with E-state index in [1.807, 2.05) is 54.8 Å². The monoisotopic (exact) mass is 461 g/mol. The van der Waals surface area contributed by atoms with E-state index < -0.39 is 18.0 Å². The van der Waals surface area contributed by atoms with E-state index >= 15 is 0 Å². The lowest BCUT2D eigenvalue weighted by Gasteiger charge is -2.37. The number of benzene rings is 2. The van der Waals surface area contributed by atoms with Crippen LogP contribution >= 0.6 is 0 Å². The molecule has 174 valence electrons. The molecular weight excluding hydrogens is 437 g/mol. The predicted octanol–water partition coefficient (Wildman–Crippen LogP) is 1.93. The highest BCUT2D eigenvalue weighted by atomic mass is 19.1. The molecule has 0 radical (unpaired) electrons. The van der Waals surface area contributed by atoms with E-state index in [4.69, 9.17) is 10.5 Å². The first-order valence-corrected chi connectivity index (χ1v) is 10.7. The Morgan fingerprint density at radius 2 is 2.09 bits per heavy atom. The molecule has 2 atom stereocenters. The van der Waals surface area contributed by atoms with Crippen LogP contribution in [-0.2, 0) is 6.54 Å². The molecule has 3 heterocycles. The van der Waals surface area contributed by atoms with Gasteiger partial charge in [0.15, 0.2) is 6.29 Å². The summed E-state index contributed by atoms with van der Waals surface area (Å²) < 4.78 is 21.6. The van der Waals surface area contributed by atoms with Gasteiger partial charge in [-0.2, -0.15) is 4.98 Å². The molecule has 6 N–H and O–H groups in total. The number of carbonyl (C=O) groups excluding carboxylic acids is 1. The molecule has 0 saturated heterocycles. The van der Waals surface area contributed by atoms with Gasteiger partial charge in [0, 0.05) is 18.8 Å². The highest BCUT2D eigenvalue weighted by molar-refractivity contribution is 6.04. The zero-order chi connectivity index (χ0) is 23.7. The van der Waals surface area contributed by atoms with E-state index in [0.717, 1.165) is 23.0 Å². The van der Waals surface area contributed by atoms with Crippen molar-refractivity contribution in [3.8, 4) is 6.01 Å². The number of halogens is 1. The van der Waals surface area contributed by atoms with Crippen LogP contribution in [0, 0.1) is 5.82 Å². The zero-order valence-electron chi connectivity index (χ0n) is 18.4. The number of amides is 1. The number of rotatable bonds is 6. The van der Waals surface area contributed by atoms with E-state index in [1.165, 1.54) is 13.2 Å². The van der Waals surface area contributed by atoms with Gasteiger partial charge < -0.3 is 21.1 Å². The molecule has 0 fully saturated rings. The standard InChI is InChI=1S/C24H24FN7O2/c1-34-24-30-19-16(21(26)33)11-15(25)12-18(19)32(24)23-29-17-9-5-6-10-27-20(17)22(31-23)28-13-14-7-3-2-4-8-14/h2-12,22-23,27-29,31H,13H2,1H3,(H2,26,33). The third-order valence-electron chi connectivity index (χ3n) is 5.69. The SMILES string of the molecule is COc1nc2c(C(N)=O)cc(F)cc2n1C1NC2=C(NC=CC=C2)C(NCc2ccccc2)N1. The summed E-state index contributed by atoms with van der Waals surface area (Å²) in [5.41, 5.74) is 8.94. The number of ether oxygens (including phenoxy) is 1. The number of nitrogens with one attached hydrogen (secondary N) is 4. The van der Waals surface area contributed by atoms with Crippen LogP contribution in [0.1, 0.15) is 22.2 Å². The fraction of sp³-hybridized carbons (Fsp3) is 0.167. The van der Waals surface area contributed by atoms with E-state index in [1.54, 1.807) is 4.57 Å². The number of hydrogen-bond donors (Lipinski definition) is 5. The summed E-state index contributed by atoms with van der Waals surface area (Å²) in [7, 11) is 1.47. The van der Waals surface area contributed by atoms with E-state index in [2.05, 4.69) is 26.3 Å². The highest BCUT2D eigenvalue weighted by Gasteiger charge is 2.31. The molecule has 2 unspecified atom stereocenters. The van der Waals surface area contributed by atoms with Gasteiger partial charge in [-0.15, -0.1) is 0 Å². The molecule has 2 aliphatic rings. The Kier molecular flexibility index (Phi) is 5.74. The second-order valence-corrected chi connectivity index (χ2v) is 7.86. The molecule has 1 aromatic heterocycles. The van der Waals surface area contributed by atoms with Gasteiger partial charge in [-0.05, 0) is 23.8 Å². The first-order chi connectivity index (χ1) is 16.5. The van der Waals surface area contributed by atoms with Crippen LogP contribution in [0.3, 0.4) is 0 Å². The summed E-state index contributed by atoms with van der Waals surface area (Å²) >= 11 is 0. The van der Waals surface area contributed by atoms with Crippen molar-refractivity contribution < 1.29 is 13.9 Å². The quantitative estimate of drug-likeness (QED) is 0.381. The number of hydrogen-bond acceptors (Lipinski definition) is 7. The van der Waals surface area contributed by atoms with Crippen molar-refractivity contribution in [3.63, 3.8) is 0 Å². The number of imidazole rings is 1. The number of allylic oxidation sites excluding steroid dienone is 3. The van der Waals surface area contributed by atoms with E-state index in [9.17, 15) is 9.18 Å². The third kappa shape index (κ3) is 4.00. The summed E-state index contributed by atoms with van der Waals surface area (Å²) in [6.45, 7) is 0.610. The van der Waals surface area contributed by atoms with E-state index in [0.29, 0.717) is 12.1 Å². The van der Waals surface area contributed by atoms with Crippen molar-refractivity contribution in [2.45, 2.75) is 19.0 Å². The average Bonchev–Trinajstić information content (AvgIpc) is 3.03. The minimum absolute atomic E-state index is 0.0123. The van der Waals surface area contributed by atoms with Crippen molar-refractivity contribution in [2.75, 3.05) is 7.11 Å². The van der Waals surface area contributed by atoms with Gasteiger partial charge in [-0.25, -0.2) is 4.39 Å². The lowest BCUT2D eigenvalue weighted by Crippen LogP contribution is -2.57. The summed E-state index contributed by atoms with van der Waals surface area (Å²) in [6, 6.07) is 12.6. The van der Waals surface area contributed by atoms with Crippen LogP contribution in [0.2, 0.25) is 0 Å². The minimum atomic E-state index is -0.768. The average molecular weight is 462 g/mol. The van der Waals surface area contributed by atoms with Gasteiger partial charge in [0.2, 0.25) is 0 Å². The molecule has 1 amide bonds. The van der Waals surface area contributed by atoms with Crippen LogP contribution < -0.4 is 31.7 Å². The zero-order valence-corrected chi connectivity index (χ0v) is 18.4. The van der Waals surface area contributed by atoms with Gasteiger partial charge in [0.05, 0.1) is 29.6 Å². The van der Waals surface area contributed by atoms with Crippen LogP contribution in [0.15, 0.2) is 78.3 Å². The largest absolute Gasteiger partial charge is 0.468 e. The third-order valence-corrected chi connectivity index (χ3v) is 5.69. The van der Waals surface area contributed by atoms with Crippen LogP contribution in [0.5, 0.6) is 6.01 Å². The number of fused-ring (bicyclic) bond motifs is 1. The number of aromatic nitrogens is 2. The van der Waals surface area contributed by atoms with Crippen molar-refractivity contribution in [3.05, 3.63) is 95.2 Å². The lowest BCUT2D eigenvalue weighted by molar-refractivity contribution is 0.100. The van der Waals surface area contributed by atoms with Gasteiger partial charge in [0.1, 0.15) is 17.5 Å². The maximum atomic E-state index is 14.4. The van der Waals surface area contributed by atoms with Gasteiger partial charge >= 0.3 is 0 Å². The normalized spacial score (nSPS) is 19.4. The Morgan fingerprint density at radius 3 is 2.85 bits per heavy atom. The maximum absolute atomic E-state index is 14.4. The maximum Gasteiger partial charge on any atom is 0.299 e. The molecule has 0 bridgehead atoms. The smallest absolute Gasteiger partial charge is 0.299 e. The number of carbonyl (C=O) groups is 1. The first-order valence-electron chi connectivity index (χ1n) is 10.7.